The fourth-order valence-corrected chi connectivity index (χ4v) is 4.51. The van der Waals surface area contributed by atoms with Crippen LogP contribution < -0.4 is 4.74 Å². The van der Waals surface area contributed by atoms with Crippen LogP contribution in [-0.2, 0) is 6.42 Å². The van der Waals surface area contributed by atoms with Gasteiger partial charge < -0.3 is 4.74 Å². The molecule has 5 aromatic rings. The highest BCUT2D eigenvalue weighted by Gasteiger charge is 2.10. The average Bonchev–Trinajstić information content (AvgIpc) is 2.99. The quantitative estimate of drug-likeness (QED) is 0.113. The van der Waals surface area contributed by atoms with Crippen LogP contribution in [0, 0.1) is 11.6 Å². The monoisotopic (exact) mass is 530 g/mol. The minimum atomic E-state index is -0.539. The normalized spacial score (nSPS) is 11.9. The Hall–Kier alpha value is -4.83. The molecule has 0 saturated carbocycles. The number of hydrogen-bond donors (Lipinski definition) is 0. The van der Waals surface area contributed by atoms with Crippen LogP contribution in [0.2, 0.25) is 0 Å². The number of esters is 1. The summed E-state index contributed by atoms with van der Waals surface area (Å²) in [5.74, 6) is -0.567. The Bertz CT molecular complexity index is 1610. The van der Waals surface area contributed by atoms with Crippen LogP contribution in [0.15, 0.2) is 121 Å². The van der Waals surface area contributed by atoms with Gasteiger partial charge in [0.05, 0.1) is 5.56 Å². The maximum absolute atomic E-state index is 14.9. The lowest BCUT2D eigenvalue weighted by molar-refractivity contribution is 0.0734. The second-order valence-electron chi connectivity index (χ2n) is 9.75. The standard InChI is InChI=1S/C36H28F2O2/c1-25(28-5-3-2-4-6-28)23-27-10-12-29(13-11-27)32-18-17-30(35(38)24-32)14-7-26-8-15-31(16-9-26)36(39)40-34-21-19-33(37)20-22-34/h2-22,24-25H,23H2,1H3/t25-/m0/s1. The zero-order valence-electron chi connectivity index (χ0n) is 22.1. The number of carbonyl (C=O) groups excluding carboxylic acids is 1. The molecule has 2 nitrogen and oxygen atoms in total. The van der Waals surface area contributed by atoms with Crippen molar-refractivity contribution in [3.05, 3.63) is 161 Å². The molecule has 0 amide bonds. The topological polar surface area (TPSA) is 26.3 Å². The van der Waals surface area contributed by atoms with Crippen molar-refractivity contribution in [2.24, 2.45) is 0 Å². The molecule has 198 valence electrons. The molecule has 40 heavy (non-hydrogen) atoms. The Morgan fingerprint density at radius 3 is 2.10 bits per heavy atom. The van der Waals surface area contributed by atoms with Crippen LogP contribution in [0.25, 0.3) is 23.3 Å². The lowest BCUT2D eigenvalue weighted by Gasteiger charge is -2.12. The number of hydrogen-bond acceptors (Lipinski definition) is 2. The molecule has 4 heteroatoms. The van der Waals surface area contributed by atoms with Crippen LogP contribution in [0.1, 0.15) is 45.5 Å². The van der Waals surface area contributed by atoms with Gasteiger partial charge in [0, 0.05) is 5.56 Å². The molecule has 0 heterocycles. The van der Waals surface area contributed by atoms with Crippen molar-refractivity contribution in [3.63, 3.8) is 0 Å². The Morgan fingerprint density at radius 1 is 0.750 bits per heavy atom. The molecule has 0 aliphatic carbocycles. The molecule has 0 aromatic heterocycles. The predicted molar refractivity (Wildman–Crippen MR) is 157 cm³/mol. The first-order valence-corrected chi connectivity index (χ1v) is 13.1. The van der Waals surface area contributed by atoms with E-state index in [4.69, 9.17) is 4.74 Å². The lowest BCUT2D eigenvalue weighted by atomic mass is 9.93. The fraction of sp³-hybridized carbons (Fsp3) is 0.0833. The van der Waals surface area contributed by atoms with Gasteiger partial charge in [-0.2, -0.15) is 0 Å². The van der Waals surface area contributed by atoms with Gasteiger partial charge in [-0.15, -0.1) is 0 Å². The largest absolute Gasteiger partial charge is 0.423 e. The Labute approximate surface area is 233 Å². The van der Waals surface area contributed by atoms with Crippen LogP contribution in [0.3, 0.4) is 0 Å². The third-order valence-electron chi connectivity index (χ3n) is 6.82. The average molecular weight is 531 g/mol. The third-order valence-corrected chi connectivity index (χ3v) is 6.82. The van der Waals surface area contributed by atoms with E-state index in [9.17, 15) is 13.6 Å². The summed E-state index contributed by atoms with van der Waals surface area (Å²) in [4.78, 5) is 12.3. The summed E-state index contributed by atoms with van der Waals surface area (Å²) in [6.45, 7) is 2.23. The molecule has 0 N–H and O–H groups in total. The van der Waals surface area contributed by atoms with E-state index in [1.54, 1.807) is 48.6 Å². The predicted octanol–water partition coefficient (Wildman–Crippen LogP) is 9.37. The molecule has 0 bridgehead atoms. The molecule has 0 aliphatic heterocycles. The van der Waals surface area contributed by atoms with Crippen molar-refractivity contribution >= 4 is 18.1 Å². The molecule has 5 aromatic carbocycles. The van der Waals surface area contributed by atoms with Crippen molar-refractivity contribution in [1.29, 1.82) is 0 Å². The van der Waals surface area contributed by atoms with E-state index in [-0.39, 0.29) is 11.6 Å². The van der Waals surface area contributed by atoms with E-state index in [0.717, 1.165) is 23.1 Å². The van der Waals surface area contributed by atoms with E-state index in [1.165, 1.54) is 35.4 Å². The van der Waals surface area contributed by atoms with Gasteiger partial charge in [-0.05, 0) is 82.6 Å². The second kappa shape index (κ2) is 12.4. The Kier molecular flexibility index (Phi) is 8.26. The number of ether oxygens (including phenoxy) is 1. The summed E-state index contributed by atoms with van der Waals surface area (Å²) < 4.78 is 33.2. The molecular formula is C36H28F2O2. The summed E-state index contributed by atoms with van der Waals surface area (Å²) in [6.07, 6.45) is 4.44. The maximum Gasteiger partial charge on any atom is 0.343 e. The van der Waals surface area contributed by atoms with Gasteiger partial charge in [0.15, 0.2) is 0 Å². The molecule has 0 unspecified atom stereocenters. The maximum atomic E-state index is 14.9. The lowest BCUT2D eigenvalue weighted by Crippen LogP contribution is -2.08. The summed E-state index contributed by atoms with van der Waals surface area (Å²) in [5.41, 5.74) is 5.99. The summed E-state index contributed by atoms with van der Waals surface area (Å²) in [5, 5.41) is 0. The molecular weight excluding hydrogens is 502 g/mol. The Morgan fingerprint density at radius 2 is 1.43 bits per heavy atom. The molecule has 0 spiro atoms. The van der Waals surface area contributed by atoms with Gasteiger partial charge in [0.2, 0.25) is 0 Å². The fourth-order valence-electron chi connectivity index (χ4n) is 4.51. The number of rotatable bonds is 8. The van der Waals surface area contributed by atoms with E-state index < -0.39 is 11.8 Å². The third kappa shape index (κ3) is 6.78. The van der Waals surface area contributed by atoms with Gasteiger partial charge in [-0.3, -0.25) is 0 Å². The van der Waals surface area contributed by atoms with Crippen molar-refractivity contribution in [2.75, 3.05) is 0 Å². The van der Waals surface area contributed by atoms with Gasteiger partial charge >= 0.3 is 5.97 Å². The minimum Gasteiger partial charge on any atom is -0.423 e. The highest BCUT2D eigenvalue weighted by molar-refractivity contribution is 5.91. The second-order valence-corrected chi connectivity index (χ2v) is 9.75. The van der Waals surface area contributed by atoms with Gasteiger partial charge in [-0.25, -0.2) is 13.6 Å². The van der Waals surface area contributed by atoms with Crippen molar-refractivity contribution in [1.82, 2.24) is 0 Å². The summed E-state index contributed by atoms with van der Waals surface area (Å²) >= 11 is 0. The van der Waals surface area contributed by atoms with Gasteiger partial charge in [0.1, 0.15) is 17.4 Å². The molecule has 0 saturated heterocycles. The number of carbonyl (C=O) groups is 1. The van der Waals surface area contributed by atoms with Gasteiger partial charge in [0.25, 0.3) is 0 Å². The Balaban J connectivity index is 1.20. The number of benzene rings is 5. The van der Waals surface area contributed by atoms with Gasteiger partial charge in [-0.1, -0.05) is 97.9 Å². The van der Waals surface area contributed by atoms with Crippen molar-refractivity contribution in [2.45, 2.75) is 19.3 Å². The SMILES string of the molecule is C[C@@H](Cc1ccc(-c2ccc(C=Cc3ccc(C(=O)Oc4ccc(F)cc4)cc3)c(F)c2)cc1)c1ccccc1. The van der Waals surface area contributed by atoms with E-state index in [1.807, 2.05) is 24.3 Å². The highest BCUT2D eigenvalue weighted by atomic mass is 19.1. The van der Waals surface area contributed by atoms with Crippen molar-refractivity contribution < 1.29 is 18.3 Å². The van der Waals surface area contributed by atoms with Crippen LogP contribution in [-0.4, -0.2) is 5.97 Å². The van der Waals surface area contributed by atoms with E-state index in [0.29, 0.717) is 17.0 Å². The van der Waals surface area contributed by atoms with Crippen molar-refractivity contribution in [3.8, 4) is 16.9 Å². The first-order valence-electron chi connectivity index (χ1n) is 13.1. The van der Waals surface area contributed by atoms with Crippen LogP contribution in [0.5, 0.6) is 5.75 Å². The van der Waals surface area contributed by atoms with Crippen LogP contribution in [0.4, 0.5) is 8.78 Å². The zero-order valence-corrected chi connectivity index (χ0v) is 22.1. The summed E-state index contributed by atoms with van der Waals surface area (Å²) in [6, 6.07) is 36.0. The molecule has 0 aliphatic rings. The summed E-state index contributed by atoms with van der Waals surface area (Å²) in [7, 11) is 0. The first-order chi connectivity index (χ1) is 19.4. The van der Waals surface area contributed by atoms with Crippen LogP contribution >= 0.6 is 0 Å². The number of halogens is 2. The molecule has 5 rings (SSSR count). The van der Waals surface area contributed by atoms with E-state index in [2.05, 4.69) is 43.3 Å². The first kappa shape index (κ1) is 26.8. The highest BCUT2D eigenvalue weighted by Crippen LogP contribution is 2.26. The smallest absolute Gasteiger partial charge is 0.343 e. The molecule has 0 radical (unpaired) electrons. The molecule has 1 atom stereocenters. The molecule has 0 fully saturated rings. The van der Waals surface area contributed by atoms with E-state index >= 15 is 0 Å². The zero-order chi connectivity index (χ0) is 27.9. The minimum absolute atomic E-state index is 0.267.